The van der Waals surface area contributed by atoms with Crippen LogP contribution < -0.4 is 4.90 Å². The summed E-state index contributed by atoms with van der Waals surface area (Å²) < 4.78 is -0.787. The molecule has 1 spiro atoms. The van der Waals surface area contributed by atoms with E-state index in [4.69, 9.17) is 0 Å². The van der Waals surface area contributed by atoms with Gasteiger partial charge in [0.15, 0.2) is 0 Å². The second kappa shape index (κ2) is 9.71. The highest BCUT2D eigenvalue weighted by Gasteiger charge is 2.70. The van der Waals surface area contributed by atoms with Gasteiger partial charge in [0.05, 0.1) is 16.6 Å². The number of nitrogens with zero attached hydrogens (tertiary/aromatic N) is 3. The zero-order valence-corrected chi connectivity index (χ0v) is 22.0. The van der Waals surface area contributed by atoms with Crippen molar-refractivity contribution < 1.29 is 19.5 Å². The maximum absolute atomic E-state index is 14.4. The molecule has 5 rings (SSSR count). The Bertz CT molecular complexity index is 1130. The lowest BCUT2D eigenvalue weighted by Crippen LogP contribution is -2.53. The van der Waals surface area contributed by atoms with Crippen LogP contribution in [0.25, 0.3) is 0 Å². The summed E-state index contributed by atoms with van der Waals surface area (Å²) in [6.45, 7) is 5.53. The van der Waals surface area contributed by atoms with Crippen LogP contribution in [0.4, 0.5) is 5.69 Å². The van der Waals surface area contributed by atoms with Gasteiger partial charge < -0.3 is 19.8 Å². The summed E-state index contributed by atoms with van der Waals surface area (Å²) in [6, 6.07) is 5.42. The van der Waals surface area contributed by atoms with Gasteiger partial charge in [-0.2, -0.15) is 0 Å². The number of aliphatic hydroxyl groups excluding tert-OH is 1. The molecule has 1 unspecified atom stereocenters. The fraction of sp³-hybridized carbons (Fsp3) is 0.536. The van der Waals surface area contributed by atoms with Crippen LogP contribution in [-0.4, -0.2) is 82.0 Å². The number of rotatable bonds is 6. The molecule has 192 valence electrons. The maximum Gasteiger partial charge on any atom is 0.251 e. The van der Waals surface area contributed by atoms with Crippen LogP contribution in [0.3, 0.4) is 0 Å². The third kappa shape index (κ3) is 3.89. The highest BCUT2D eigenvalue weighted by molar-refractivity contribution is 8.02. The molecule has 0 saturated carbocycles. The predicted molar refractivity (Wildman–Crippen MR) is 142 cm³/mol. The van der Waals surface area contributed by atoms with E-state index in [1.54, 1.807) is 28.6 Å². The fourth-order valence-corrected chi connectivity index (χ4v) is 8.31. The SMILES string of the molecule is Cc1ccc(C)c(N2CC=C[C@]34S[C@H]5C=CCN(C)C(=O)[C@H]5[C@H]3C(=O)N(CCCCCO)C4C2=O)c1. The summed E-state index contributed by atoms with van der Waals surface area (Å²) in [4.78, 5) is 47.3. The summed E-state index contributed by atoms with van der Waals surface area (Å²) in [5, 5.41) is 9.09. The van der Waals surface area contributed by atoms with Crippen LogP contribution in [0.2, 0.25) is 0 Å². The maximum atomic E-state index is 14.4. The number of likely N-dealkylation sites (tertiary alicyclic amines) is 1. The van der Waals surface area contributed by atoms with Crippen LogP contribution in [0, 0.1) is 25.7 Å². The van der Waals surface area contributed by atoms with Gasteiger partial charge in [-0.25, -0.2) is 0 Å². The van der Waals surface area contributed by atoms with Crippen molar-refractivity contribution >= 4 is 35.2 Å². The molecule has 7 nitrogen and oxygen atoms in total. The minimum atomic E-state index is -0.787. The summed E-state index contributed by atoms with van der Waals surface area (Å²) in [7, 11) is 1.78. The van der Waals surface area contributed by atoms with E-state index < -0.39 is 22.6 Å². The highest BCUT2D eigenvalue weighted by Crippen LogP contribution is 2.61. The lowest BCUT2D eigenvalue weighted by atomic mass is 9.78. The van der Waals surface area contributed by atoms with Crippen molar-refractivity contribution in [3.05, 3.63) is 53.6 Å². The van der Waals surface area contributed by atoms with Crippen molar-refractivity contribution in [3.63, 3.8) is 0 Å². The van der Waals surface area contributed by atoms with E-state index in [-0.39, 0.29) is 29.6 Å². The topological polar surface area (TPSA) is 81.2 Å². The van der Waals surface area contributed by atoms with Gasteiger partial charge in [0.2, 0.25) is 11.8 Å². The van der Waals surface area contributed by atoms with Crippen LogP contribution in [0.1, 0.15) is 30.4 Å². The lowest BCUT2D eigenvalue weighted by Gasteiger charge is -2.35. The first-order chi connectivity index (χ1) is 17.3. The van der Waals surface area contributed by atoms with Crippen LogP contribution in [0.5, 0.6) is 0 Å². The van der Waals surface area contributed by atoms with Gasteiger partial charge in [-0.05, 0) is 50.3 Å². The van der Waals surface area contributed by atoms with E-state index in [1.807, 2.05) is 49.1 Å². The van der Waals surface area contributed by atoms with E-state index in [0.29, 0.717) is 32.5 Å². The summed E-state index contributed by atoms with van der Waals surface area (Å²) >= 11 is 1.62. The zero-order valence-electron chi connectivity index (χ0n) is 21.2. The number of aryl methyl sites for hydroxylation is 2. The number of unbranched alkanes of at least 4 members (excludes halogenated alkanes) is 2. The van der Waals surface area contributed by atoms with Crippen molar-refractivity contribution in [1.29, 1.82) is 0 Å². The molecule has 0 bridgehead atoms. The molecule has 0 aromatic heterocycles. The standard InChI is InChI=1S/C28H35N3O4S/c1-18-10-11-19(2)20(17-18)30-15-8-12-28-23(22-21(36-28)9-7-13-29(3)25(22)33)26(34)31(24(28)27(30)35)14-5-4-6-16-32/h7-12,17,21-24,32H,4-6,13-16H2,1-3H3/t21-,22+,23-,24?,28-/m0/s1. The number of fused-ring (bicyclic) bond motifs is 2. The van der Waals surface area contributed by atoms with Gasteiger partial charge in [0.1, 0.15) is 6.04 Å². The molecule has 4 aliphatic rings. The first-order valence-corrected chi connectivity index (χ1v) is 13.7. The predicted octanol–water partition coefficient (Wildman–Crippen LogP) is 2.69. The van der Waals surface area contributed by atoms with Crippen molar-refractivity contribution in [2.24, 2.45) is 11.8 Å². The van der Waals surface area contributed by atoms with Gasteiger partial charge in [-0.1, -0.05) is 36.4 Å². The third-order valence-corrected chi connectivity index (χ3v) is 9.82. The Balaban J connectivity index is 1.59. The molecule has 0 aliphatic carbocycles. The van der Waals surface area contributed by atoms with Gasteiger partial charge in [-0.15, -0.1) is 11.8 Å². The Hall–Kier alpha value is -2.58. The zero-order chi connectivity index (χ0) is 25.6. The molecule has 2 fully saturated rings. The molecule has 3 amide bonds. The molecule has 8 heteroatoms. The van der Waals surface area contributed by atoms with Gasteiger partial charge in [0, 0.05) is 44.2 Å². The molecule has 0 radical (unpaired) electrons. The van der Waals surface area contributed by atoms with Crippen molar-refractivity contribution in [2.75, 3.05) is 38.2 Å². The Morgan fingerprint density at radius 3 is 2.61 bits per heavy atom. The van der Waals surface area contributed by atoms with Gasteiger partial charge >= 0.3 is 0 Å². The number of aliphatic hydroxyl groups is 1. The molecular weight excluding hydrogens is 474 g/mol. The Labute approximate surface area is 217 Å². The Morgan fingerprint density at radius 1 is 1.03 bits per heavy atom. The third-order valence-electron chi connectivity index (χ3n) is 8.07. The van der Waals surface area contributed by atoms with E-state index in [2.05, 4.69) is 12.2 Å². The quantitative estimate of drug-likeness (QED) is 0.471. The number of anilines is 1. The van der Waals surface area contributed by atoms with Crippen LogP contribution >= 0.6 is 11.8 Å². The fourth-order valence-electron chi connectivity index (χ4n) is 6.30. The van der Waals surface area contributed by atoms with Crippen molar-refractivity contribution in [2.45, 2.75) is 49.1 Å². The second-order valence-electron chi connectivity index (χ2n) is 10.4. The average molecular weight is 510 g/mol. The Morgan fingerprint density at radius 2 is 1.83 bits per heavy atom. The number of carbonyl (C=O) groups excluding carboxylic acids is 3. The number of hydrogen-bond donors (Lipinski definition) is 1. The van der Waals surface area contributed by atoms with E-state index >= 15 is 0 Å². The minimum Gasteiger partial charge on any atom is -0.396 e. The molecule has 36 heavy (non-hydrogen) atoms. The normalized spacial score (nSPS) is 31.4. The molecule has 1 aromatic rings. The summed E-state index contributed by atoms with van der Waals surface area (Å²) in [5.41, 5.74) is 2.95. The smallest absolute Gasteiger partial charge is 0.251 e. The first-order valence-electron chi connectivity index (χ1n) is 12.9. The van der Waals surface area contributed by atoms with Crippen molar-refractivity contribution in [3.8, 4) is 0 Å². The lowest BCUT2D eigenvalue weighted by molar-refractivity contribution is -0.142. The molecule has 2 saturated heterocycles. The first kappa shape index (κ1) is 25.1. The van der Waals surface area contributed by atoms with E-state index in [9.17, 15) is 19.5 Å². The number of hydrogen-bond acceptors (Lipinski definition) is 5. The highest BCUT2D eigenvalue weighted by atomic mass is 32.2. The van der Waals surface area contributed by atoms with Crippen molar-refractivity contribution in [1.82, 2.24) is 9.80 Å². The van der Waals surface area contributed by atoms with Crippen LogP contribution in [-0.2, 0) is 14.4 Å². The monoisotopic (exact) mass is 509 g/mol. The molecule has 1 aromatic carbocycles. The van der Waals surface area contributed by atoms with Gasteiger partial charge in [0.25, 0.3) is 5.91 Å². The number of likely N-dealkylation sites (N-methyl/N-ethyl adjacent to an activating group) is 1. The van der Waals surface area contributed by atoms with E-state index in [0.717, 1.165) is 23.2 Å². The number of thioether (sulfide) groups is 1. The summed E-state index contributed by atoms with van der Waals surface area (Å²) in [5.74, 6) is -1.26. The minimum absolute atomic E-state index is 0.0231. The average Bonchev–Trinajstić information content (AvgIpc) is 3.17. The molecule has 1 N–H and O–H groups in total. The molecule has 4 aliphatic heterocycles. The van der Waals surface area contributed by atoms with Crippen LogP contribution in [0.15, 0.2) is 42.5 Å². The largest absolute Gasteiger partial charge is 0.396 e. The number of carbonyl (C=O) groups is 3. The second-order valence-corrected chi connectivity index (χ2v) is 11.9. The molecular formula is C28H35N3O4S. The number of benzene rings is 1. The molecule has 5 atom stereocenters. The number of amides is 3. The van der Waals surface area contributed by atoms with E-state index in [1.165, 1.54) is 0 Å². The van der Waals surface area contributed by atoms with Gasteiger partial charge in [-0.3, -0.25) is 14.4 Å². The summed E-state index contributed by atoms with van der Waals surface area (Å²) in [6.07, 6.45) is 10.3. The Kier molecular flexibility index (Phi) is 6.76. The molecule has 4 heterocycles.